The van der Waals surface area contributed by atoms with Crippen molar-refractivity contribution >= 4 is 5.91 Å². The maximum absolute atomic E-state index is 11.9. The van der Waals surface area contributed by atoms with E-state index in [-0.39, 0.29) is 11.7 Å². The SMILES string of the molecule is NC(=O)CCCCNCc1ccc(OC(F)F)cc1. The number of benzene rings is 1. The quantitative estimate of drug-likeness (QED) is 0.676. The van der Waals surface area contributed by atoms with E-state index >= 15 is 0 Å². The summed E-state index contributed by atoms with van der Waals surface area (Å²) in [7, 11) is 0. The molecule has 0 aliphatic heterocycles. The minimum atomic E-state index is -2.80. The van der Waals surface area contributed by atoms with Gasteiger partial charge in [-0.05, 0) is 37.1 Å². The Kier molecular flexibility index (Phi) is 6.81. The largest absolute Gasteiger partial charge is 0.435 e. The average Bonchev–Trinajstić information content (AvgIpc) is 2.34. The fourth-order valence-electron chi connectivity index (χ4n) is 1.57. The van der Waals surface area contributed by atoms with E-state index in [0.717, 1.165) is 24.9 Å². The van der Waals surface area contributed by atoms with Crippen LogP contribution in [0.2, 0.25) is 0 Å². The summed E-state index contributed by atoms with van der Waals surface area (Å²) >= 11 is 0. The number of amides is 1. The number of carbonyl (C=O) groups excluding carboxylic acids is 1. The lowest BCUT2D eigenvalue weighted by Crippen LogP contribution is -2.16. The van der Waals surface area contributed by atoms with Gasteiger partial charge in [0.15, 0.2) is 0 Å². The summed E-state index contributed by atoms with van der Waals surface area (Å²) in [6, 6.07) is 6.48. The molecule has 4 nitrogen and oxygen atoms in total. The Balaban J connectivity index is 2.17. The predicted octanol–water partition coefficient (Wildman–Crippen LogP) is 2.03. The molecule has 0 aromatic heterocycles. The Morgan fingerprint density at radius 3 is 2.53 bits per heavy atom. The van der Waals surface area contributed by atoms with E-state index in [2.05, 4.69) is 10.1 Å². The van der Waals surface area contributed by atoms with Crippen molar-refractivity contribution in [3.05, 3.63) is 29.8 Å². The molecule has 0 radical (unpaired) electrons. The summed E-state index contributed by atoms with van der Waals surface area (Å²) in [5, 5.41) is 3.19. The maximum Gasteiger partial charge on any atom is 0.387 e. The maximum atomic E-state index is 11.9. The number of hydrogen-bond acceptors (Lipinski definition) is 3. The standard InChI is InChI=1S/C13H18F2N2O2/c14-13(15)19-11-6-4-10(5-7-11)9-17-8-2-1-3-12(16)18/h4-7,13,17H,1-3,8-9H2,(H2,16,18). The van der Waals surface area contributed by atoms with Crippen LogP contribution in [0.5, 0.6) is 5.75 Å². The molecule has 0 unspecified atom stereocenters. The van der Waals surface area contributed by atoms with Crippen LogP contribution < -0.4 is 15.8 Å². The first kappa shape index (κ1) is 15.4. The zero-order chi connectivity index (χ0) is 14.1. The molecule has 106 valence electrons. The highest BCUT2D eigenvalue weighted by molar-refractivity contribution is 5.73. The third-order valence-electron chi connectivity index (χ3n) is 2.50. The highest BCUT2D eigenvalue weighted by Crippen LogP contribution is 2.14. The van der Waals surface area contributed by atoms with Crippen LogP contribution in [0.3, 0.4) is 0 Å². The highest BCUT2D eigenvalue weighted by atomic mass is 19.3. The molecule has 0 aliphatic carbocycles. The second-order valence-corrected chi connectivity index (χ2v) is 4.12. The third kappa shape index (κ3) is 7.35. The molecule has 0 aliphatic rings. The molecule has 1 amide bonds. The zero-order valence-electron chi connectivity index (χ0n) is 10.6. The number of nitrogens with two attached hydrogens (primary N) is 1. The average molecular weight is 272 g/mol. The van der Waals surface area contributed by atoms with Crippen molar-refractivity contribution in [3.63, 3.8) is 0 Å². The van der Waals surface area contributed by atoms with Crippen LogP contribution in [0, 0.1) is 0 Å². The molecule has 6 heteroatoms. The Morgan fingerprint density at radius 1 is 1.26 bits per heavy atom. The number of unbranched alkanes of at least 4 members (excludes halogenated alkanes) is 1. The van der Waals surface area contributed by atoms with Crippen molar-refractivity contribution in [2.24, 2.45) is 5.73 Å². The van der Waals surface area contributed by atoms with Gasteiger partial charge in [0.05, 0.1) is 0 Å². The van der Waals surface area contributed by atoms with E-state index in [1.54, 1.807) is 12.1 Å². The first-order valence-electron chi connectivity index (χ1n) is 6.10. The summed E-state index contributed by atoms with van der Waals surface area (Å²) < 4.78 is 28.1. The third-order valence-corrected chi connectivity index (χ3v) is 2.50. The molecule has 0 saturated heterocycles. The molecule has 0 fully saturated rings. The number of halogens is 2. The van der Waals surface area contributed by atoms with Crippen LogP contribution in [0.1, 0.15) is 24.8 Å². The lowest BCUT2D eigenvalue weighted by Gasteiger charge is -2.07. The first-order valence-corrected chi connectivity index (χ1v) is 6.10. The molecule has 0 bridgehead atoms. The normalized spacial score (nSPS) is 10.7. The number of rotatable bonds is 9. The summed E-state index contributed by atoms with van der Waals surface area (Å²) in [6.07, 6.45) is 2.04. The fraction of sp³-hybridized carbons (Fsp3) is 0.462. The van der Waals surface area contributed by atoms with Gasteiger partial charge in [0.25, 0.3) is 0 Å². The molecular formula is C13H18F2N2O2. The van der Waals surface area contributed by atoms with Crippen LogP contribution in [0.15, 0.2) is 24.3 Å². The minimum Gasteiger partial charge on any atom is -0.435 e. The molecule has 0 atom stereocenters. The molecule has 0 spiro atoms. The topological polar surface area (TPSA) is 64.4 Å². The van der Waals surface area contributed by atoms with Crippen molar-refractivity contribution < 1.29 is 18.3 Å². The number of ether oxygens (including phenoxy) is 1. The van der Waals surface area contributed by atoms with Gasteiger partial charge in [-0.15, -0.1) is 0 Å². The van der Waals surface area contributed by atoms with Gasteiger partial charge in [-0.1, -0.05) is 12.1 Å². The van der Waals surface area contributed by atoms with E-state index in [0.29, 0.717) is 13.0 Å². The summed E-state index contributed by atoms with van der Waals surface area (Å²) in [5.74, 6) is -0.130. The lowest BCUT2D eigenvalue weighted by atomic mass is 10.2. The Morgan fingerprint density at radius 2 is 1.95 bits per heavy atom. The summed E-state index contributed by atoms with van der Waals surface area (Å²) in [6.45, 7) is -1.37. The van der Waals surface area contributed by atoms with Crippen LogP contribution >= 0.6 is 0 Å². The van der Waals surface area contributed by atoms with Gasteiger partial charge < -0.3 is 15.8 Å². The van der Waals surface area contributed by atoms with Gasteiger partial charge in [0, 0.05) is 13.0 Å². The molecule has 19 heavy (non-hydrogen) atoms. The first-order chi connectivity index (χ1) is 9.08. The van der Waals surface area contributed by atoms with Crippen LogP contribution in [0.4, 0.5) is 8.78 Å². The lowest BCUT2D eigenvalue weighted by molar-refractivity contribution is -0.118. The number of hydrogen-bond donors (Lipinski definition) is 2. The molecular weight excluding hydrogens is 254 g/mol. The predicted molar refractivity (Wildman–Crippen MR) is 67.8 cm³/mol. The Hall–Kier alpha value is -1.69. The van der Waals surface area contributed by atoms with Gasteiger partial charge in [-0.25, -0.2) is 0 Å². The smallest absolute Gasteiger partial charge is 0.387 e. The Bertz CT molecular complexity index is 383. The van der Waals surface area contributed by atoms with Gasteiger partial charge in [0.1, 0.15) is 5.75 Å². The summed E-state index contributed by atoms with van der Waals surface area (Å²) in [5.41, 5.74) is 6.01. The van der Waals surface area contributed by atoms with Crippen molar-refractivity contribution in [1.29, 1.82) is 0 Å². The molecule has 0 heterocycles. The Labute approximate surface area is 110 Å². The van der Waals surface area contributed by atoms with Gasteiger partial charge in [-0.3, -0.25) is 4.79 Å². The van der Waals surface area contributed by atoms with Crippen molar-refractivity contribution in [1.82, 2.24) is 5.32 Å². The van der Waals surface area contributed by atoms with E-state index in [9.17, 15) is 13.6 Å². The van der Waals surface area contributed by atoms with Gasteiger partial charge in [0.2, 0.25) is 5.91 Å². The van der Waals surface area contributed by atoms with Crippen LogP contribution in [0.25, 0.3) is 0 Å². The second kappa shape index (κ2) is 8.42. The van der Waals surface area contributed by atoms with E-state index in [1.165, 1.54) is 12.1 Å². The van der Waals surface area contributed by atoms with E-state index in [1.807, 2.05) is 0 Å². The monoisotopic (exact) mass is 272 g/mol. The van der Waals surface area contributed by atoms with E-state index in [4.69, 9.17) is 5.73 Å². The van der Waals surface area contributed by atoms with Crippen molar-refractivity contribution in [3.8, 4) is 5.75 Å². The highest BCUT2D eigenvalue weighted by Gasteiger charge is 2.03. The van der Waals surface area contributed by atoms with Crippen molar-refractivity contribution in [2.45, 2.75) is 32.4 Å². The number of nitrogens with one attached hydrogen (secondary N) is 1. The second-order valence-electron chi connectivity index (χ2n) is 4.12. The van der Waals surface area contributed by atoms with E-state index < -0.39 is 6.61 Å². The zero-order valence-corrected chi connectivity index (χ0v) is 10.6. The van der Waals surface area contributed by atoms with Crippen LogP contribution in [-0.2, 0) is 11.3 Å². The number of carbonyl (C=O) groups is 1. The molecule has 0 saturated carbocycles. The molecule has 1 rings (SSSR count). The molecule has 1 aromatic carbocycles. The fourth-order valence-corrected chi connectivity index (χ4v) is 1.57. The van der Waals surface area contributed by atoms with Gasteiger partial charge in [-0.2, -0.15) is 8.78 Å². The minimum absolute atomic E-state index is 0.153. The summed E-state index contributed by atoms with van der Waals surface area (Å²) in [4.78, 5) is 10.5. The van der Waals surface area contributed by atoms with Gasteiger partial charge >= 0.3 is 6.61 Å². The number of alkyl halides is 2. The van der Waals surface area contributed by atoms with Crippen LogP contribution in [-0.4, -0.2) is 19.1 Å². The number of primary amides is 1. The molecule has 3 N–H and O–H groups in total. The molecule has 1 aromatic rings. The van der Waals surface area contributed by atoms with Crippen molar-refractivity contribution in [2.75, 3.05) is 6.54 Å².